The third-order valence-corrected chi connectivity index (χ3v) is 2.69. The van der Waals surface area contributed by atoms with Gasteiger partial charge in [-0.15, -0.1) is 10.2 Å². The second-order valence-electron chi connectivity index (χ2n) is 4.26. The maximum atomic E-state index is 4.24. The Hall–Kier alpha value is -1.69. The molecule has 6 nitrogen and oxygen atoms in total. The highest BCUT2D eigenvalue weighted by Gasteiger charge is 2.09. The molecular weight excluding hydrogens is 216 g/mol. The summed E-state index contributed by atoms with van der Waals surface area (Å²) in [5.41, 5.74) is 1.19. The van der Waals surface area contributed by atoms with Crippen LogP contribution in [0.4, 0.5) is 0 Å². The van der Waals surface area contributed by atoms with Gasteiger partial charge in [-0.25, -0.2) is 0 Å². The van der Waals surface area contributed by atoms with E-state index in [2.05, 4.69) is 27.5 Å². The molecule has 2 aromatic rings. The smallest absolute Gasteiger partial charge is 0.149 e. The van der Waals surface area contributed by atoms with Crippen LogP contribution in [-0.4, -0.2) is 31.1 Å². The van der Waals surface area contributed by atoms with E-state index in [1.807, 2.05) is 35.6 Å². The number of hydrogen-bond donors (Lipinski definition) is 1. The van der Waals surface area contributed by atoms with E-state index in [-0.39, 0.29) is 6.04 Å². The zero-order chi connectivity index (χ0) is 12.3. The van der Waals surface area contributed by atoms with Gasteiger partial charge in [-0.3, -0.25) is 4.68 Å². The maximum Gasteiger partial charge on any atom is 0.149 e. The Morgan fingerprint density at radius 1 is 1.47 bits per heavy atom. The van der Waals surface area contributed by atoms with Crippen LogP contribution in [0.1, 0.15) is 24.4 Å². The van der Waals surface area contributed by atoms with Crippen molar-refractivity contribution < 1.29 is 0 Å². The van der Waals surface area contributed by atoms with Crippen molar-refractivity contribution in [1.29, 1.82) is 0 Å². The van der Waals surface area contributed by atoms with E-state index in [1.165, 1.54) is 5.56 Å². The SMILES string of the molecule is Cc1cnn(CCNC(C)c2nncn2C)c1. The van der Waals surface area contributed by atoms with Gasteiger partial charge in [-0.2, -0.15) is 5.10 Å². The molecule has 0 saturated heterocycles. The molecule has 0 aliphatic carbocycles. The Labute approximate surface area is 101 Å². The van der Waals surface area contributed by atoms with Crippen LogP contribution in [-0.2, 0) is 13.6 Å². The summed E-state index contributed by atoms with van der Waals surface area (Å²) in [6, 6.07) is 0.194. The summed E-state index contributed by atoms with van der Waals surface area (Å²) >= 11 is 0. The fourth-order valence-electron chi connectivity index (χ4n) is 1.76. The van der Waals surface area contributed by atoms with Crippen molar-refractivity contribution >= 4 is 0 Å². The molecule has 2 heterocycles. The van der Waals surface area contributed by atoms with Gasteiger partial charge < -0.3 is 9.88 Å². The average molecular weight is 234 g/mol. The number of aromatic nitrogens is 5. The molecule has 6 heteroatoms. The molecule has 0 aliphatic heterocycles. The number of hydrogen-bond acceptors (Lipinski definition) is 4. The van der Waals surface area contributed by atoms with Gasteiger partial charge in [0.05, 0.1) is 18.8 Å². The summed E-state index contributed by atoms with van der Waals surface area (Å²) in [5, 5.41) is 15.6. The molecular formula is C11H18N6. The molecule has 0 aromatic carbocycles. The van der Waals surface area contributed by atoms with E-state index in [0.29, 0.717) is 0 Å². The van der Waals surface area contributed by atoms with Crippen LogP contribution >= 0.6 is 0 Å². The normalized spacial score (nSPS) is 12.9. The van der Waals surface area contributed by atoms with Crippen LogP contribution in [0.3, 0.4) is 0 Å². The van der Waals surface area contributed by atoms with Gasteiger partial charge in [-0.1, -0.05) is 0 Å². The lowest BCUT2D eigenvalue weighted by molar-refractivity contribution is 0.484. The van der Waals surface area contributed by atoms with E-state index in [1.54, 1.807) is 6.33 Å². The minimum absolute atomic E-state index is 0.194. The number of nitrogens with zero attached hydrogens (tertiary/aromatic N) is 5. The fourth-order valence-corrected chi connectivity index (χ4v) is 1.76. The predicted molar refractivity (Wildman–Crippen MR) is 64.4 cm³/mol. The summed E-state index contributed by atoms with van der Waals surface area (Å²) in [6.45, 7) is 5.84. The summed E-state index contributed by atoms with van der Waals surface area (Å²) in [6.07, 6.45) is 5.62. The molecule has 0 fully saturated rings. The van der Waals surface area contributed by atoms with Crippen molar-refractivity contribution in [3.8, 4) is 0 Å². The first-order valence-corrected chi connectivity index (χ1v) is 5.73. The lowest BCUT2D eigenvalue weighted by Gasteiger charge is -2.12. The number of aryl methyl sites for hydroxylation is 2. The standard InChI is InChI=1S/C11H18N6/c1-9-6-14-17(7-9)5-4-12-10(2)11-15-13-8-16(11)3/h6-8,10,12H,4-5H2,1-3H3. The van der Waals surface area contributed by atoms with Crippen molar-refractivity contribution in [3.05, 3.63) is 30.1 Å². The van der Waals surface area contributed by atoms with Gasteiger partial charge in [-0.05, 0) is 19.4 Å². The Kier molecular flexibility index (Phi) is 3.53. The zero-order valence-electron chi connectivity index (χ0n) is 10.5. The van der Waals surface area contributed by atoms with E-state index in [0.717, 1.165) is 18.9 Å². The summed E-state index contributed by atoms with van der Waals surface area (Å²) in [5.74, 6) is 0.946. The molecule has 2 aromatic heterocycles. The van der Waals surface area contributed by atoms with Crippen molar-refractivity contribution in [2.75, 3.05) is 6.54 Å². The molecule has 17 heavy (non-hydrogen) atoms. The third-order valence-electron chi connectivity index (χ3n) is 2.69. The van der Waals surface area contributed by atoms with E-state index >= 15 is 0 Å². The highest BCUT2D eigenvalue weighted by Crippen LogP contribution is 2.06. The van der Waals surface area contributed by atoms with Gasteiger partial charge in [0.25, 0.3) is 0 Å². The highest BCUT2D eigenvalue weighted by molar-refractivity contribution is 4.99. The largest absolute Gasteiger partial charge is 0.319 e. The quantitative estimate of drug-likeness (QED) is 0.826. The van der Waals surface area contributed by atoms with Crippen LogP contribution in [0.15, 0.2) is 18.7 Å². The van der Waals surface area contributed by atoms with Crippen molar-refractivity contribution in [2.24, 2.45) is 7.05 Å². The Morgan fingerprint density at radius 2 is 2.29 bits per heavy atom. The minimum Gasteiger partial charge on any atom is -0.319 e. The third kappa shape index (κ3) is 2.91. The topological polar surface area (TPSA) is 60.6 Å². The number of rotatable bonds is 5. The van der Waals surface area contributed by atoms with Crippen molar-refractivity contribution in [3.63, 3.8) is 0 Å². The van der Waals surface area contributed by atoms with Crippen molar-refractivity contribution in [1.82, 2.24) is 29.9 Å². The van der Waals surface area contributed by atoms with Crippen LogP contribution in [0.2, 0.25) is 0 Å². The zero-order valence-corrected chi connectivity index (χ0v) is 10.5. The number of nitrogens with one attached hydrogen (secondary N) is 1. The maximum absolute atomic E-state index is 4.24. The van der Waals surface area contributed by atoms with E-state index in [9.17, 15) is 0 Å². The van der Waals surface area contributed by atoms with Gasteiger partial charge in [0.1, 0.15) is 12.2 Å². The molecule has 0 amide bonds. The first-order chi connectivity index (χ1) is 8.16. The molecule has 92 valence electrons. The molecule has 0 radical (unpaired) electrons. The predicted octanol–water partition coefficient (Wildman–Crippen LogP) is 0.671. The van der Waals surface area contributed by atoms with Crippen LogP contribution < -0.4 is 5.32 Å². The highest BCUT2D eigenvalue weighted by atomic mass is 15.3. The van der Waals surface area contributed by atoms with Gasteiger partial charge in [0.15, 0.2) is 0 Å². The van der Waals surface area contributed by atoms with Gasteiger partial charge >= 0.3 is 0 Å². The summed E-state index contributed by atoms with van der Waals surface area (Å²) in [7, 11) is 1.95. The molecule has 0 spiro atoms. The molecule has 0 saturated carbocycles. The first-order valence-electron chi connectivity index (χ1n) is 5.73. The Balaban J connectivity index is 1.81. The van der Waals surface area contributed by atoms with Crippen LogP contribution in [0, 0.1) is 6.92 Å². The van der Waals surface area contributed by atoms with Gasteiger partial charge in [0.2, 0.25) is 0 Å². The molecule has 1 unspecified atom stereocenters. The molecule has 0 bridgehead atoms. The second kappa shape index (κ2) is 5.09. The first kappa shape index (κ1) is 11.8. The summed E-state index contributed by atoms with van der Waals surface area (Å²) in [4.78, 5) is 0. The molecule has 1 N–H and O–H groups in total. The molecule has 0 aliphatic rings. The average Bonchev–Trinajstić information content (AvgIpc) is 2.87. The molecule has 1 atom stereocenters. The Morgan fingerprint density at radius 3 is 2.88 bits per heavy atom. The van der Waals surface area contributed by atoms with Crippen molar-refractivity contribution in [2.45, 2.75) is 26.4 Å². The minimum atomic E-state index is 0.194. The molecule has 2 rings (SSSR count). The van der Waals surface area contributed by atoms with E-state index in [4.69, 9.17) is 0 Å². The lowest BCUT2D eigenvalue weighted by atomic mass is 10.3. The van der Waals surface area contributed by atoms with Crippen LogP contribution in [0.25, 0.3) is 0 Å². The van der Waals surface area contributed by atoms with Crippen LogP contribution in [0.5, 0.6) is 0 Å². The van der Waals surface area contributed by atoms with Gasteiger partial charge in [0, 0.05) is 19.8 Å². The fraction of sp³-hybridized carbons (Fsp3) is 0.545. The Bertz CT molecular complexity index is 472. The monoisotopic (exact) mass is 234 g/mol. The summed E-state index contributed by atoms with van der Waals surface area (Å²) < 4.78 is 3.86. The second-order valence-corrected chi connectivity index (χ2v) is 4.26. The van der Waals surface area contributed by atoms with E-state index < -0.39 is 0 Å². The lowest BCUT2D eigenvalue weighted by Crippen LogP contribution is -2.25.